The van der Waals surface area contributed by atoms with Crippen LogP contribution in [0.1, 0.15) is 28.8 Å². The van der Waals surface area contributed by atoms with Crippen molar-refractivity contribution < 1.29 is 42.7 Å². The van der Waals surface area contributed by atoms with E-state index in [1.165, 1.54) is 50.4 Å². The second-order valence-electron chi connectivity index (χ2n) is 6.87. The molecule has 13 heteroatoms. The van der Waals surface area contributed by atoms with E-state index in [9.17, 15) is 29.3 Å². The number of nitrogens with zero attached hydrogens (tertiary/aromatic N) is 2. The predicted molar refractivity (Wildman–Crippen MR) is 112 cm³/mol. The highest BCUT2D eigenvalue weighted by atomic mass is 16.6. The van der Waals surface area contributed by atoms with Crippen LogP contribution in [-0.2, 0) is 25.6 Å². The number of hydrogen-bond donors (Lipinski definition) is 1. The number of hydrogen-bond acceptors (Lipinski definition) is 10. The summed E-state index contributed by atoms with van der Waals surface area (Å²) in [6.07, 6.45) is 0.00534. The molecule has 1 aromatic heterocycles. The number of rotatable bonds is 8. The standard InChI is InChI=1S/C21H19N3O10/c1-11(19(26)31-2)33-17-12(5-4-6-15(17)24(29)30)9-14-18(25)23(21(28)22-14)10-13-7-8-16(34-13)20(27)32-3/h4-9,11H,10H2,1-3H3,(H,22,28)/b14-9-/t11-/m0/s1. The van der Waals surface area contributed by atoms with Crippen LogP contribution in [0.4, 0.5) is 10.5 Å². The number of carbonyl (C=O) groups excluding carboxylic acids is 4. The van der Waals surface area contributed by atoms with Gasteiger partial charge in [0.25, 0.3) is 5.91 Å². The third kappa shape index (κ3) is 4.87. The summed E-state index contributed by atoms with van der Waals surface area (Å²) in [5.41, 5.74) is -0.577. The van der Waals surface area contributed by atoms with Crippen LogP contribution in [0.5, 0.6) is 5.75 Å². The molecule has 34 heavy (non-hydrogen) atoms. The van der Waals surface area contributed by atoms with E-state index in [0.29, 0.717) is 0 Å². The Kier molecular flexibility index (Phi) is 6.95. The Hall–Kier alpha value is -4.68. The van der Waals surface area contributed by atoms with Crippen LogP contribution in [0.25, 0.3) is 6.08 Å². The highest BCUT2D eigenvalue weighted by Gasteiger charge is 2.35. The predicted octanol–water partition coefficient (Wildman–Crippen LogP) is 2.01. The number of nitro groups is 1. The first kappa shape index (κ1) is 24.0. The van der Waals surface area contributed by atoms with E-state index >= 15 is 0 Å². The van der Waals surface area contributed by atoms with Gasteiger partial charge in [-0.05, 0) is 25.1 Å². The Morgan fingerprint density at radius 1 is 1.21 bits per heavy atom. The molecule has 1 N–H and O–H groups in total. The van der Waals surface area contributed by atoms with Crippen LogP contribution in [0.2, 0.25) is 0 Å². The van der Waals surface area contributed by atoms with E-state index < -0.39 is 40.6 Å². The van der Waals surface area contributed by atoms with Gasteiger partial charge in [-0.1, -0.05) is 12.1 Å². The molecule has 0 radical (unpaired) electrons. The number of imide groups is 1. The molecule has 0 unspecified atom stereocenters. The number of ether oxygens (including phenoxy) is 3. The maximum atomic E-state index is 12.8. The first-order valence-corrected chi connectivity index (χ1v) is 9.69. The van der Waals surface area contributed by atoms with Gasteiger partial charge in [0.15, 0.2) is 6.10 Å². The van der Waals surface area contributed by atoms with Crippen LogP contribution in [0.15, 0.2) is 40.4 Å². The Morgan fingerprint density at radius 3 is 2.59 bits per heavy atom. The Labute approximate surface area is 192 Å². The summed E-state index contributed by atoms with van der Waals surface area (Å²) in [6, 6.07) is 5.91. The van der Waals surface area contributed by atoms with Crippen molar-refractivity contribution in [2.24, 2.45) is 0 Å². The van der Waals surface area contributed by atoms with Crippen LogP contribution in [0, 0.1) is 10.1 Å². The summed E-state index contributed by atoms with van der Waals surface area (Å²) in [4.78, 5) is 60.0. The number of nitro benzene ring substituents is 1. The molecule has 0 bridgehead atoms. The molecular weight excluding hydrogens is 454 g/mol. The summed E-state index contributed by atoms with van der Waals surface area (Å²) in [5.74, 6) is -2.47. The first-order chi connectivity index (χ1) is 16.2. The van der Waals surface area contributed by atoms with Crippen molar-refractivity contribution in [1.29, 1.82) is 0 Å². The fraction of sp³-hybridized carbons (Fsp3) is 0.238. The average molecular weight is 473 g/mol. The lowest BCUT2D eigenvalue weighted by atomic mass is 10.1. The Bertz CT molecular complexity index is 1200. The van der Waals surface area contributed by atoms with Gasteiger partial charge < -0.3 is 23.9 Å². The van der Waals surface area contributed by atoms with Crippen LogP contribution < -0.4 is 10.1 Å². The molecule has 0 aliphatic carbocycles. The van der Waals surface area contributed by atoms with Crippen molar-refractivity contribution in [2.75, 3.05) is 14.2 Å². The normalized spacial score (nSPS) is 15.1. The maximum Gasteiger partial charge on any atom is 0.373 e. The zero-order valence-corrected chi connectivity index (χ0v) is 18.2. The van der Waals surface area contributed by atoms with E-state index in [1.807, 2.05) is 0 Å². The summed E-state index contributed by atoms with van der Waals surface area (Å²) >= 11 is 0. The fourth-order valence-electron chi connectivity index (χ4n) is 3.02. The Balaban J connectivity index is 1.90. The molecule has 0 spiro atoms. The lowest BCUT2D eigenvalue weighted by molar-refractivity contribution is -0.386. The van der Waals surface area contributed by atoms with Gasteiger partial charge in [0, 0.05) is 11.6 Å². The van der Waals surface area contributed by atoms with Crippen molar-refractivity contribution in [1.82, 2.24) is 10.2 Å². The molecule has 3 amide bonds. The molecule has 1 aliphatic heterocycles. The lowest BCUT2D eigenvalue weighted by Gasteiger charge is -2.14. The second kappa shape index (κ2) is 9.85. The molecule has 3 rings (SSSR count). The molecule has 1 aliphatic rings. The van der Waals surface area contributed by atoms with E-state index in [-0.39, 0.29) is 35.1 Å². The van der Waals surface area contributed by atoms with Crippen molar-refractivity contribution in [3.8, 4) is 5.75 Å². The van der Waals surface area contributed by atoms with Gasteiger partial charge in [-0.15, -0.1) is 0 Å². The van der Waals surface area contributed by atoms with Gasteiger partial charge in [-0.3, -0.25) is 19.8 Å². The highest BCUT2D eigenvalue weighted by Crippen LogP contribution is 2.34. The first-order valence-electron chi connectivity index (χ1n) is 9.69. The van der Waals surface area contributed by atoms with Crippen molar-refractivity contribution in [2.45, 2.75) is 19.6 Å². The zero-order chi connectivity index (χ0) is 25.0. The molecule has 178 valence electrons. The number of carbonyl (C=O) groups is 4. The summed E-state index contributed by atoms with van der Waals surface area (Å²) in [5, 5.41) is 13.9. The van der Waals surface area contributed by atoms with E-state index in [1.54, 1.807) is 0 Å². The van der Waals surface area contributed by atoms with E-state index in [4.69, 9.17) is 9.15 Å². The SMILES string of the molecule is COC(=O)c1ccc(CN2C(=O)N/C(=C\c3cccc([N+](=O)[O-])c3O[C@@H](C)C(=O)OC)C2=O)o1. The van der Waals surface area contributed by atoms with Gasteiger partial charge in [0.05, 0.1) is 25.7 Å². The minimum Gasteiger partial charge on any atom is -0.471 e. The number of furan rings is 1. The minimum atomic E-state index is -1.18. The number of urea groups is 1. The topological polar surface area (TPSA) is 168 Å². The number of amides is 3. The third-order valence-corrected chi connectivity index (χ3v) is 4.67. The molecule has 1 saturated heterocycles. The molecular formula is C21H19N3O10. The van der Waals surface area contributed by atoms with E-state index in [2.05, 4.69) is 14.8 Å². The van der Waals surface area contributed by atoms with Crippen LogP contribution in [-0.4, -0.2) is 54.0 Å². The molecule has 1 aromatic carbocycles. The number of esters is 2. The number of methoxy groups -OCH3 is 2. The molecule has 1 fully saturated rings. The number of nitrogens with one attached hydrogen (secondary N) is 1. The van der Waals surface area contributed by atoms with Gasteiger partial charge in [0.1, 0.15) is 11.5 Å². The second-order valence-corrected chi connectivity index (χ2v) is 6.87. The van der Waals surface area contributed by atoms with Gasteiger partial charge in [0.2, 0.25) is 11.5 Å². The summed E-state index contributed by atoms with van der Waals surface area (Å²) in [7, 11) is 2.32. The lowest BCUT2D eigenvalue weighted by Crippen LogP contribution is -2.30. The highest BCUT2D eigenvalue weighted by molar-refractivity contribution is 6.14. The number of para-hydroxylation sites is 1. The quantitative estimate of drug-likeness (QED) is 0.197. The van der Waals surface area contributed by atoms with Crippen molar-refractivity contribution >= 4 is 35.6 Å². The van der Waals surface area contributed by atoms with Gasteiger partial charge in [-0.2, -0.15) is 0 Å². The Morgan fingerprint density at radius 2 is 1.94 bits per heavy atom. The fourth-order valence-corrected chi connectivity index (χ4v) is 3.02. The maximum absolute atomic E-state index is 12.8. The summed E-state index contributed by atoms with van der Waals surface area (Å²) < 4.78 is 19.9. The third-order valence-electron chi connectivity index (χ3n) is 4.67. The van der Waals surface area contributed by atoms with Gasteiger partial charge >= 0.3 is 23.7 Å². The molecule has 13 nitrogen and oxygen atoms in total. The monoisotopic (exact) mass is 473 g/mol. The minimum absolute atomic E-state index is 0.0708. The molecule has 2 heterocycles. The van der Waals surface area contributed by atoms with E-state index in [0.717, 1.165) is 12.0 Å². The van der Waals surface area contributed by atoms with Crippen LogP contribution in [0.3, 0.4) is 0 Å². The average Bonchev–Trinajstić information content (AvgIpc) is 3.39. The molecule has 1 atom stereocenters. The smallest absolute Gasteiger partial charge is 0.373 e. The van der Waals surface area contributed by atoms with Gasteiger partial charge in [-0.25, -0.2) is 14.4 Å². The zero-order valence-electron chi connectivity index (χ0n) is 18.2. The molecule has 0 saturated carbocycles. The molecule has 2 aromatic rings. The van der Waals surface area contributed by atoms with Crippen LogP contribution >= 0.6 is 0 Å². The van der Waals surface area contributed by atoms with Crippen molar-refractivity contribution in [3.05, 3.63) is 63.2 Å². The summed E-state index contributed by atoms with van der Waals surface area (Å²) in [6.45, 7) is 1.06. The largest absolute Gasteiger partial charge is 0.471 e. The number of benzene rings is 1. The van der Waals surface area contributed by atoms with Crippen molar-refractivity contribution in [3.63, 3.8) is 0 Å².